The van der Waals surface area contributed by atoms with Crippen LogP contribution in [0.2, 0.25) is 0 Å². The molecule has 32 heavy (non-hydrogen) atoms. The lowest BCUT2D eigenvalue weighted by Crippen LogP contribution is -2.19. The average Bonchev–Trinajstić information content (AvgIpc) is 3.47. The van der Waals surface area contributed by atoms with Crippen molar-refractivity contribution >= 4 is 32.7 Å². The van der Waals surface area contributed by atoms with Gasteiger partial charge in [0.25, 0.3) is 12.3 Å². The maximum absolute atomic E-state index is 13.6. The largest absolute Gasteiger partial charge is 0.341 e. The van der Waals surface area contributed by atoms with Gasteiger partial charge in [0.15, 0.2) is 0 Å². The number of benzene rings is 1. The smallest absolute Gasteiger partial charge is 0.266 e. The number of hydrogen-bond donors (Lipinski definition) is 1. The molecule has 1 aromatic carbocycles. The fourth-order valence-corrected chi connectivity index (χ4v) is 6.71. The van der Waals surface area contributed by atoms with Crippen molar-refractivity contribution in [1.82, 2.24) is 4.57 Å². The molecule has 3 heterocycles. The van der Waals surface area contributed by atoms with Gasteiger partial charge < -0.3 is 9.88 Å². The lowest BCUT2D eigenvalue weighted by Gasteiger charge is -2.09. The Bertz CT molecular complexity index is 1190. The highest BCUT2D eigenvalue weighted by Gasteiger charge is 2.33. The Morgan fingerprint density at radius 1 is 1.22 bits per heavy atom. The first kappa shape index (κ1) is 22.3. The number of anilines is 1. The van der Waals surface area contributed by atoms with Gasteiger partial charge in [-0.05, 0) is 67.9 Å². The Balaban J connectivity index is 1.72. The van der Waals surface area contributed by atoms with Crippen LogP contribution in [0.4, 0.5) is 18.9 Å². The van der Waals surface area contributed by atoms with E-state index < -0.39 is 23.7 Å². The summed E-state index contributed by atoms with van der Waals surface area (Å²) in [7, 11) is -0.357. The number of nitrogens with zero attached hydrogens (tertiary/aromatic N) is 2. The SMILES string of the molecule is Cc1c(C(=O)Nc2ccc(F)c(C(F)F)c2)c2n(c1C(=O)C(C#N)=S1CCCC1)CCC2. The molecular weight excluding hydrogens is 439 g/mol. The van der Waals surface area contributed by atoms with E-state index in [1.54, 1.807) is 6.92 Å². The molecule has 2 aliphatic rings. The second-order valence-electron chi connectivity index (χ2n) is 7.92. The van der Waals surface area contributed by atoms with E-state index in [1.165, 1.54) is 6.07 Å². The molecule has 0 unspecified atom stereocenters. The van der Waals surface area contributed by atoms with Crippen molar-refractivity contribution < 1.29 is 22.8 Å². The summed E-state index contributed by atoms with van der Waals surface area (Å²) in [6, 6.07) is 5.15. The highest BCUT2D eigenvalue weighted by atomic mass is 32.2. The van der Waals surface area contributed by atoms with Crippen LogP contribution < -0.4 is 5.32 Å². The Morgan fingerprint density at radius 3 is 2.59 bits per heavy atom. The van der Waals surface area contributed by atoms with Gasteiger partial charge in [0.05, 0.1) is 16.8 Å². The van der Waals surface area contributed by atoms with Gasteiger partial charge >= 0.3 is 0 Å². The van der Waals surface area contributed by atoms with Gasteiger partial charge in [-0.1, -0.05) is 0 Å². The van der Waals surface area contributed by atoms with Crippen molar-refractivity contribution in [3.63, 3.8) is 0 Å². The lowest BCUT2D eigenvalue weighted by atomic mass is 10.0. The molecule has 1 fully saturated rings. The van der Waals surface area contributed by atoms with Crippen LogP contribution in [0.5, 0.6) is 0 Å². The molecule has 2 aliphatic heterocycles. The number of nitriles is 1. The van der Waals surface area contributed by atoms with E-state index in [0.717, 1.165) is 42.9 Å². The van der Waals surface area contributed by atoms with Crippen molar-refractivity contribution in [2.24, 2.45) is 0 Å². The van der Waals surface area contributed by atoms with Crippen LogP contribution in [0.1, 0.15) is 63.4 Å². The molecule has 5 nitrogen and oxygen atoms in total. The summed E-state index contributed by atoms with van der Waals surface area (Å²) in [4.78, 5) is 26.7. The zero-order valence-electron chi connectivity index (χ0n) is 17.5. The molecule has 0 bridgehead atoms. The molecule has 168 valence electrons. The number of amides is 1. The molecule has 0 atom stereocenters. The summed E-state index contributed by atoms with van der Waals surface area (Å²) in [5, 5.41) is 12.2. The van der Waals surface area contributed by atoms with Gasteiger partial charge in [0.1, 0.15) is 16.8 Å². The van der Waals surface area contributed by atoms with Crippen LogP contribution in [0.25, 0.3) is 0 Å². The van der Waals surface area contributed by atoms with Gasteiger partial charge in [0, 0.05) is 17.9 Å². The minimum absolute atomic E-state index is 0.0497. The third-order valence-electron chi connectivity index (χ3n) is 5.97. The third-order valence-corrected chi connectivity index (χ3v) is 8.39. The fourth-order valence-electron chi connectivity index (χ4n) is 4.51. The minimum Gasteiger partial charge on any atom is -0.341 e. The van der Waals surface area contributed by atoms with Gasteiger partial charge in [-0.2, -0.15) is 15.7 Å². The summed E-state index contributed by atoms with van der Waals surface area (Å²) in [5.41, 5.74) is 1.13. The highest BCUT2D eigenvalue weighted by molar-refractivity contribution is 8.17. The third kappa shape index (κ3) is 3.88. The molecular formula is C23H22F3N3O2S. The molecule has 9 heteroatoms. The normalized spacial score (nSPS) is 15.6. The summed E-state index contributed by atoms with van der Waals surface area (Å²) in [6.07, 6.45) is 0.344. The zero-order chi connectivity index (χ0) is 23.0. The number of aromatic nitrogens is 1. The molecule has 0 saturated carbocycles. The fraction of sp³-hybridized carbons (Fsp3) is 0.391. The van der Waals surface area contributed by atoms with E-state index in [9.17, 15) is 28.0 Å². The second-order valence-corrected chi connectivity index (χ2v) is 10.1. The average molecular weight is 462 g/mol. The quantitative estimate of drug-likeness (QED) is 0.502. The van der Waals surface area contributed by atoms with Gasteiger partial charge in [-0.25, -0.2) is 13.2 Å². The van der Waals surface area contributed by atoms with Crippen LogP contribution in [0, 0.1) is 24.1 Å². The number of carbonyl (C=O) groups is 2. The van der Waals surface area contributed by atoms with E-state index in [0.29, 0.717) is 35.5 Å². The molecule has 2 aromatic rings. The number of ketones is 1. The Labute approximate surface area is 186 Å². The Hall–Kier alpha value is -2.86. The van der Waals surface area contributed by atoms with E-state index in [2.05, 4.69) is 11.4 Å². The van der Waals surface area contributed by atoms with Crippen LogP contribution in [0.15, 0.2) is 18.2 Å². The van der Waals surface area contributed by atoms with Crippen LogP contribution in [0.3, 0.4) is 0 Å². The minimum atomic E-state index is -3.01. The van der Waals surface area contributed by atoms with E-state index in [1.807, 2.05) is 4.57 Å². The monoisotopic (exact) mass is 461 g/mol. The second kappa shape index (κ2) is 8.94. The maximum atomic E-state index is 13.6. The standard InChI is InChI=1S/C23H22F3N3O2S/c1-13-19(23(31)28-14-6-7-16(24)15(11-14)22(25)26)17-5-4-8-29(17)20(13)21(30)18(12-27)32-9-2-3-10-32/h6-7,11,22H,2-5,8-10H2,1H3,(H,28,31). The van der Waals surface area contributed by atoms with Crippen molar-refractivity contribution in [3.05, 3.63) is 52.1 Å². The van der Waals surface area contributed by atoms with Gasteiger partial charge in [-0.15, -0.1) is 0 Å². The Morgan fingerprint density at radius 2 is 1.94 bits per heavy atom. The predicted molar refractivity (Wildman–Crippen MR) is 118 cm³/mol. The summed E-state index contributed by atoms with van der Waals surface area (Å²) < 4.78 is 41.5. The molecule has 4 rings (SSSR count). The number of carbonyl (C=O) groups excluding carboxylic acids is 2. The van der Waals surface area contributed by atoms with E-state index in [4.69, 9.17) is 0 Å². The molecule has 1 amide bonds. The molecule has 0 spiro atoms. The maximum Gasteiger partial charge on any atom is 0.266 e. The summed E-state index contributed by atoms with van der Waals surface area (Å²) in [5.74, 6) is -0.226. The topological polar surface area (TPSA) is 74.9 Å². The summed E-state index contributed by atoms with van der Waals surface area (Å²) in [6.45, 7) is 2.25. The number of halogens is 3. The zero-order valence-corrected chi connectivity index (χ0v) is 18.3. The number of rotatable bonds is 5. The first-order chi connectivity index (χ1) is 15.3. The number of alkyl halides is 2. The number of hydrogen-bond acceptors (Lipinski definition) is 3. The number of nitrogens with one attached hydrogen (secondary N) is 1. The van der Waals surface area contributed by atoms with Crippen LogP contribution >= 0.6 is 10.5 Å². The number of Topliss-reactive ketones (excluding diaryl/α,β-unsaturated/α-hetero) is 1. The summed E-state index contributed by atoms with van der Waals surface area (Å²) >= 11 is 0. The van der Waals surface area contributed by atoms with E-state index in [-0.39, 0.29) is 26.8 Å². The molecule has 0 radical (unpaired) electrons. The molecule has 0 aliphatic carbocycles. The molecule has 1 N–H and O–H groups in total. The molecule has 1 saturated heterocycles. The Kier molecular flexibility index (Phi) is 6.24. The highest BCUT2D eigenvalue weighted by Crippen LogP contribution is 2.33. The lowest BCUT2D eigenvalue weighted by molar-refractivity contribution is 0.102. The molecule has 1 aromatic heterocycles. The van der Waals surface area contributed by atoms with Crippen molar-refractivity contribution in [2.45, 2.75) is 45.6 Å². The van der Waals surface area contributed by atoms with Gasteiger partial charge in [-0.3, -0.25) is 9.59 Å². The number of fused-ring (bicyclic) bond motifs is 1. The van der Waals surface area contributed by atoms with Crippen molar-refractivity contribution in [2.75, 3.05) is 16.8 Å². The van der Waals surface area contributed by atoms with Crippen LogP contribution in [-0.2, 0) is 13.0 Å². The van der Waals surface area contributed by atoms with Crippen molar-refractivity contribution in [1.29, 1.82) is 5.26 Å². The first-order valence-electron chi connectivity index (χ1n) is 10.4. The first-order valence-corrected chi connectivity index (χ1v) is 12.0. The van der Waals surface area contributed by atoms with Crippen LogP contribution in [-0.4, -0.2) is 32.6 Å². The van der Waals surface area contributed by atoms with E-state index >= 15 is 0 Å². The van der Waals surface area contributed by atoms with Crippen molar-refractivity contribution in [3.8, 4) is 6.07 Å². The predicted octanol–water partition coefficient (Wildman–Crippen LogP) is 5.01. The van der Waals surface area contributed by atoms with Gasteiger partial charge in [0.2, 0.25) is 5.78 Å².